The van der Waals surface area contributed by atoms with E-state index in [0.29, 0.717) is 19.5 Å². The summed E-state index contributed by atoms with van der Waals surface area (Å²) in [5.41, 5.74) is 1.00. The first-order valence-corrected chi connectivity index (χ1v) is 7.71. The second-order valence-electron chi connectivity index (χ2n) is 5.44. The molecule has 0 saturated carbocycles. The maximum absolute atomic E-state index is 14.0. The normalized spacial score (nSPS) is 23.3. The van der Waals surface area contributed by atoms with Crippen molar-refractivity contribution in [3.8, 4) is 10.4 Å². The predicted octanol–water partition coefficient (Wildman–Crippen LogP) is 3.32. The molecule has 0 bridgehead atoms. The van der Waals surface area contributed by atoms with Crippen molar-refractivity contribution in [1.82, 2.24) is 4.90 Å². The van der Waals surface area contributed by atoms with Gasteiger partial charge in [0.2, 0.25) is 0 Å². The molecular formula is C16H18FNOS. The number of rotatable bonds is 4. The molecule has 1 saturated heterocycles. The molecule has 0 radical (unpaired) electrons. The number of halogens is 1. The number of nitrogens with zero attached hydrogens (tertiary/aromatic N) is 1. The van der Waals surface area contributed by atoms with E-state index in [1.165, 1.54) is 16.0 Å². The molecule has 1 aliphatic heterocycles. The van der Waals surface area contributed by atoms with Gasteiger partial charge in [-0.15, -0.1) is 11.3 Å². The summed E-state index contributed by atoms with van der Waals surface area (Å²) in [6.45, 7) is 1.41. The highest BCUT2D eigenvalue weighted by molar-refractivity contribution is 7.13. The molecule has 3 rings (SSSR count). The maximum atomic E-state index is 14.0. The van der Waals surface area contributed by atoms with Crippen molar-refractivity contribution in [1.29, 1.82) is 0 Å². The van der Waals surface area contributed by atoms with Crippen molar-refractivity contribution in [2.24, 2.45) is 0 Å². The molecule has 1 unspecified atom stereocenters. The fourth-order valence-electron chi connectivity index (χ4n) is 2.66. The zero-order chi connectivity index (χ0) is 14.0. The Bertz CT molecular complexity index is 554. The first-order chi connectivity index (χ1) is 9.68. The van der Waals surface area contributed by atoms with E-state index >= 15 is 0 Å². The van der Waals surface area contributed by atoms with Gasteiger partial charge >= 0.3 is 0 Å². The molecule has 20 heavy (non-hydrogen) atoms. The van der Waals surface area contributed by atoms with Crippen molar-refractivity contribution in [2.75, 3.05) is 19.7 Å². The van der Waals surface area contributed by atoms with Gasteiger partial charge in [-0.1, -0.05) is 30.3 Å². The van der Waals surface area contributed by atoms with Crippen molar-refractivity contribution < 1.29 is 9.50 Å². The lowest BCUT2D eigenvalue weighted by Crippen LogP contribution is -2.32. The Hall–Kier alpha value is -1.23. The van der Waals surface area contributed by atoms with E-state index in [1.54, 1.807) is 11.3 Å². The molecule has 0 amide bonds. The van der Waals surface area contributed by atoms with Crippen LogP contribution in [0.15, 0.2) is 41.8 Å². The van der Waals surface area contributed by atoms with E-state index in [2.05, 4.69) is 40.6 Å². The Balaban J connectivity index is 1.65. The van der Waals surface area contributed by atoms with E-state index < -0.39 is 5.67 Å². The van der Waals surface area contributed by atoms with Crippen LogP contribution in [0.2, 0.25) is 0 Å². The fraction of sp³-hybridized carbons (Fsp3) is 0.375. The molecule has 2 nitrogen and oxygen atoms in total. The first kappa shape index (κ1) is 13.7. The summed E-state index contributed by atoms with van der Waals surface area (Å²) < 4.78 is 14.0. The minimum Gasteiger partial charge on any atom is -0.393 e. The summed E-state index contributed by atoms with van der Waals surface area (Å²) in [6, 6.07) is 12.6. The van der Waals surface area contributed by atoms with Crippen LogP contribution in [-0.2, 0) is 6.54 Å². The van der Waals surface area contributed by atoms with Gasteiger partial charge in [0.15, 0.2) is 0 Å². The number of hydrogen-bond acceptors (Lipinski definition) is 3. The van der Waals surface area contributed by atoms with Gasteiger partial charge in [0, 0.05) is 24.5 Å². The zero-order valence-corrected chi connectivity index (χ0v) is 12.1. The summed E-state index contributed by atoms with van der Waals surface area (Å²) in [5.74, 6) is 0. The second-order valence-corrected chi connectivity index (χ2v) is 6.39. The third-order valence-electron chi connectivity index (χ3n) is 3.83. The summed E-state index contributed by atoms with van der Waals surface area (Å²) in [7, 11) is 0. The average molecular weight is 291 g/mol. The van der Waals surface area contributed by atoms with Crippen LogP contribution in [0.5, 0.6) is 0 Å². The SMILES string of the molecule is OCC1(F)CCN(Cc2ccc(-c3cccs3)cc2)C1. The number of alkyl halides is 1. The highest BCUT2D eigenvalue weighted by atomic mass is 32.1. The van der Waals surface area contributed by atoms with Gasteiger partial charge in [0.1, 0.15) is 5.67 Å². The van der Waals surface area contributed by atoms with Gasteiger partial charge in [-0.25, -0.2) is 4.39 Å². The molecule has 1 aliphatic rings. The Morgan fingerprint density at radius 3 is 2.65 bits per heavy atom. The molecule has 1 fully saturated rings. The Morgan fingerprint density at radius 1 is 1.25 bits per heavy atom. The second kappa shape index (κ2) is 5.64. The van der Waals surface area contributed by atoms with Crippen molar-refractivity contribution in [3.05, 3.63) is 47.3 Å². The van der Waals surface area contributed by atoms with Gasteiger partial charge in [0.05, 0.1) is 6.61 Å². The number of hydrogen-bond donors (Lipinski definition) is 1. The minimum absolute atomic E-state index is 0.330. The smallest absolute Gasteiger partial charge is 0.147 e. The number of likely N-dealkylation sites (tertiary alicyclic amines) is 1. The van der Waals surface area contributed by atoms with Crippen LogP contribution in [0.3, 0.4) is 0 Å². The van der Waals surface area contributed by atoms with Crippen molar-refractivity contribution >= 4 is 11.3 Å². The third kappa shape index (κ3) is 2.92. The van der Waals surface area contributed by atoms with Gasteiger partial charge in [-0.05, 0) is 29.0 Å². The highest BCUT2D eigenvalue weighted by Crippen LogP contribution is 2.28. The van der Waals surface area contributed by atoms with Crippen LogP contribution in [0.25, 0.3) is 10.4 Å². The van der Waals surface area contributed by atoms with Gasteiger partial charge in [0.25, 0.3) is 0 Å². The lowest BCUT2D eigenvalue weighted by molar-refractivity contribution is 0.0769. The largest absolute Gasteiger partial charge is 0.393 e. The third-order valence-corrected chi connectivity index (χ3v) is 4.75. The van der Waals surface area contributed by atoms with E-state index in [0.717, 1.165) is 6.54 Å². The zero-order valence-electron chi connectivity index (χ0n) is 11.3. The molecule has 1 atom stereocenters. The Kier molecular flexibility index (Phi) is 3.87. The monoisotopic (exact) mass is 291 g/mol. The molecule has 0 aliphatic carbocycles. The van der Waals surface area contributed by atoms with Crippen molar-refractivity contribution in [3.63, 3.8) is 0 Å². The summed E-state index contributed by atoms with van der Waals surface area (Å²) in [5, 5.41) is 11.1. The van der Waals surface area contributed by atoms with E-state index in [9.17, 15) is 4.39 Å². The van der Waals surface area contributed by atoms with Crippen molar-refractivity contribution in [2.45, 2.75) is 18.6 Å². The fourth-order valence-corrected chi connectivity index (χ4v) is 3.39. The van der Waals surface area contributed by atoms with E-state index in [4.69, 9.17) is 5.11 Å². The number of thiophene rings is 1. The Morgan fingerprint density at radius 2 is 2.05 bits per heavy atom. The quantitative estimate of drug-likeness (QED) is 0.934. The van der Waals surface area contributed by atoms with E-state index in [-0.39, 0.29) is 6.61 Å². The summed E-state index contributed by atoms with van der Waals surface area (Å²) in [6.07, 6.45) is 0.427. The van der Waals surface area contributed by atoms with Crippen LogP contribution in [0, 0.1) is 0 Å². The number of aliphatic hydroxyl groups is 1. The Labute approximate surface area is 122 Å². The standard InChI is InChI=1S/C16H18FNOS/c17-16(12-19)7-8-18(11-16)10-13-3-5-14(6-4-13)15-2-1-9-20-15/h1-6,9,19H,7-8,10-12H2. The highest BCUT2D eigenvalue weighted by Gasteiger charge is 2.37. The van der Waals surface area contributed by atoms with E-state index in [1.807, 2.05) is 6.07 Å². The molecule has 1 aromatic carbocycles. The van der Waals surface area contributed by atoms with Gasteiger partial charge in [-0.2, -0.15) is 0 Å². The minimum atomic E-state index is -1.41. The van der Waals surface area contributed by atoms with Gasteiger partial charge in [-0.3, -0.25) is 4.90 Å². The number of benzene rings is 1. The lowest BCUT2D eigenvalue weighted by Gasteiger charge is -2.18. The number of aliphatic hydroxyl groups excluding tert-OH is 1. The predicted molar refractivity (Wildman–Crippen MR) is 80.6 cm³/mol. The summed E-state index contributed by atoms with van der Waals surface area (Å²) in [4.78, 5) is 3.33. The van der Waals surface area contributed by atoms with Crippen LogP contribution < -0.4 is 0 Å². The molecule has 1 N–H and O–H groups in total. The summed E-state index contributed by atoms with van der Waals surface area (Å²) >= 11 is 1.73. The molecule has 2 aromatic rings. The van der Waals surface area contributed by atoms with Crippen LogP contribution in [0.1, 0.15) is 12.0 Å². The topological polar surface area (TPSA) is 23.5 Å². The van der Waals surface area contributed by atoms with Crippen LogP contribution >= 0.6 is 11.3 Å². The molecule has 4 heteroatoms. The molecule has 0 spiro atoms. The average Bonchev–Trinajstić information content (AvgIpc) is 3.11. The molecule has 106 valence electrons. The van der Waals surface area contributed by atoms with Crippen LogP contribution in [0.4, 0.5) is 4.39 Å². The van der Waals surface area contributed by atoms with Gasteiger partial charge < -0.3 is 5.11 Å². The molecule has 1 aromatic heterocycles. The molecular weight excluding hydrogens is 273 g/mol. The lowest BCUT2D eigenvalue weighted by atomic mass is 10.1. The first-order valence-electron chi connectivity index (χ1n) is 6.83. The maximum Gasteiger partial charge on any atom is 0.147 e. The molecule has 2 heterocycles. The van der Waals surface area contributed by atoms with Crippen LogP contribution in [-0.4, -0.2) is 35.4 Å².